The summed E-state index contributed by atoms with van der Waals surface area (Å²) in [6, 6.07) is 2.23. The summed E-state index contributed by atoms with van der Waals surface area (Å²) < 4.78 is 5.34. The second-order valence-electron chi connectivity index (χ2n) is 6.60. The van der Waals surface area contributed by atoms with E-state index in [1.54, 1.807) is 19.5 Å². The average Bonchev–Trinajstić information content (AvgIpc) is 3.16. The van der Waals surface area contributed by atoms with E-state index in [1.165, 1.54) is 6.42 Å². The molecule has 132 valence electrons. The van der Waals surface area contributed by atoms with Crippen LogP contribution in [0.2, 0.25) is 0 Å². The van der Waals surface area contributed by atoms with Crippen molar-refractivity contribution in [3.05, 3.63) is 24.0 Å². The summed E-state index contributed by atoms with van der Waals surface area (Å²) >= 11 is 0. The fraction of sp³-hybridized carbons (Fsp3) is 0.647. The first-order valence-electron chi connectivity index (χ1n) is 8.70. The molecule has 7 nitrogen and oxygen atoms in total. The Hall–Kier alpha value is -1.86. The van der Waals surface area contributed by atoms with Gasteiger partial charge in [0.05, 0.1) is 19.3 Å². The van der Waals surface area contributed by atoms with Crippen LogP contribution in [0.15, 0.2) is 18.5 Å². The molecular weight excluding hydrogens is 306 g/mol. The van der Waals surface area contributed by atoms with Crippen LogP contribution in [-0.4, -0.2) is 48.7 Å². The molecule has 0 spiro atoms. The summed E-state index contributed by atoms with van der Waals surface area (Å²) in [4.78, 5) is 18.7. The van der Waals surface area contributed by atoms with Crippen molar-refractivity contribution >= 4 is 6.03 Å². The zero-order chi connectivity index (χ0) is 16.9. The minimum Gasteiger partial charge on any atom is -0.495 e. The maximum Gasteiger partial charge on any atom is 0.317 e. The third kappa shape index (κ3) is 3.79. The number of urea groups is 1. The molecule has 3 rings (SSSR count). The third-order valence-electron chi connectivity index (χ3n) is 5.02. The second kappa shape index (κ2) is 7.81. The van der Waals surface area contributed by atoms with E-state index < -0.39 is 0 Å². The van der Waals surface area contributed by atoms with E-state index in [0.717, 1.165) is 38.0 Å². The number of carbonyl (C=O) groups is 1. The summed E-state index contributed by atoms with van der Waals surface area (Å²) in [7, 11) is 1.62. The molecule has 1 aromatic rings. The normalized spacial score (nSPS) is 25.3. The van der Waals surface area contributed by atoms with Gasteiger partial charge in [-0.3, -0.25) is 15.8 Å². The lowest BCUT2D eigenvalue weighted by Gasteiger charge is -2.36. The molecule has 2 fully saturated rings. The fourth-order valence-electron chi connectivity index (χ4n) is 3.65. The molecule has 3 atom stereocenters. The predicted molar refractivity (Wildman–Crippen MR) is 91.6 cm³/mol. The molecule has 1 aromatic heterocycles. The number of methoxy groups -OCH3 is 1. The van der Waals surface area contributed by atoms with Crippen LogP contribution in [0, 0.1) is 5.92 Å². The molecule has 0 radical (unpaired) electrons. The molecule has 2 saturated heterocycles. The lowest BCUT2D eigenvalue weighted by molar-refractivity contribution is 0.149. The van der Waals surface area contributed by atoms with Gasteiger partial charge >= 0.3 is 6.03 Å². The van der Waals surface area contributed by atoms with Crippen molar-refractivity contribution in [1.29, 1.82) is 0 Å². The zero-order valence-corrected chi connectivity index (χ0v) is 14.4. The number of nitrogens with one attached hydrogen (secondary N) is 3. The Morgan fingerprint density at radius 2 is 2.38 bits per heavy atom. The number of nitrogens with zero attached hydrogens (tertiary/aromatic N) is 2. The minimum atomic E-state index is -0.123. The van der Waals surface area contributed by atoms with Crippen LogP contribution in [0.5, 0.6) is 5.75 Å². The molecule has 0 saturated carbocycles. The van der Waals surface area contributed by atoms with Crippen LogP contribution >= 0.6 is 0 Å². The van der Waals surface area contributed by atoms with E-state index in [0.29, 0.717) is 17.7 Å². The van der Waals surface area contributed by atoms with Crippen LogP contribution < -0.4 is 20.9 Å². The molecule has 0 aromatic carbocycles. The van der Waals surface area contributed by atoms with Crippen molar-refractivity contribution in [1.82, 2.24) is 26.1 Å². The van der Waals surface area contributed by atoms with Gasteiger partial charge in [-0.15, -0.1) is 0 Å². The lowest BCUT2D eigenvalue weighted by Crippen LogP contribution is -2.50. The smallest absolute Gasteiger partial charge is 0.317 e. The summed E-state index contributed by atoms with van der Waals surface area (Å²) in [5, 5.41) is 3.09. The largest absolute Gasteiger partial charge is 0.495 e. The number of hydrogen-bond acceptors (Lipinski definition) is 5. The van der Waals surface area contributed by atoms with Crippen molar-refractivity contribution in [2.75, 3.05) is 26.7 Å². The highest BCUT2D eigenvalue weighted by molar-refractivity contribution is 5.75. The highest BCUT2D eigenvalue weighted by atomic mass is 16.5. The number of carbonyl (C=O) groups excluding carboxylic acids is 1. The van der Waals surface area contributed by atoms with Crippen molar-refractivity contribution < 1.29 is 9.53 Å². The van der Waals surface area contributed by atoms with Crippen LogP contribution in [0.4, 0.5) is 4.79 Å². The van der Waals surface area contributed by atoms with E-state index >= 15 is 0 Å². The first kappa shape index (κ1) is 17.0. The number of rotatable bonds is 4. The van der Waals surface area contributed by atoms with Crippen LogP contribution in [0.1, 0.15) is 37.8 Å². The second-order valence-corrected chi connectivity index (χ2v) is 6.60. The molecule has 0 bridgehead atoms. The minimum absolute atomic E-state index is 0.00276. The molecular formula is C17H27N5O2. The number of amides is 2. The number of likely N-dealkylation sites (tertiary alicyclic amines) is 1. The van der Waals surface area contributed by atoms with E-state index in [2.05, 4.69) is 21.2 Å². The van der Waals surface area contributed by atoms with Gasteiger partial charge in [0.1, 0.15) is 5.75 Å². The van der Waals surface area contributed by atoms with Crippen molar-refractivity contribution in [2.45, 2.75) is 38.3 Å². The van der Waals surface area contributed by atoms with E-state index in [4.69, 9.17) is 4.74 Å². The van der Waals surface area contributed by atoms with Gasteiger partial charge in [-0.05, 0) is 38.2 Å². The first-order chi connectivity index (χ1) is 11.7. The zero-order valence-electron chi connectivity index (χ0n) is 14.4. The van der Waals surface area contributed by atoms with E-state index in [1.807, 2.05) is 17.9 Å². The summed E-state index contributed by atoms with van der Waals surface area (Å²) in [5.41, 5.74) is 7.47. The van der Waals surface area contributed by atoms with Gasteiger partial charge in [0, 0.05) is 37.4 Å². The highest BCUT2D eigenvalue weighted by Crippen LogP contribution is 2.25. The Kier molecular flexibility index (Phi) is 5.52. The number of pyridine rings is 1. The number of ether oxygens (including phenoxy) is 1. The third-order valence-corrected chi connectivity index (χ3v) is 5.02. The highest BCUT2D eigenvalue weighted by Gasteiger charge is 2.31. The lowest BCUT2D eigenvalue weighted by atomic mass is 9.90. The number of aromatic nitrogens is 1. The molecule has 0 aliphatic carbocycles. The number of hydrazine groups is 1. The maximum atomic E-state index is 12.7. The van der Waals surface area contributed by atoms with Crippen molar-refractivity contribution in [3.63, 3.8) is 0 Å². The average molecular weight is 333 g/mol. The van der Waals surface area contributed by atoms with Gasteiger partial charge < -0.3 is 15.0 Å². The monoisotopic (exact) mass is 333 g/mol. The maximum absolute atomic E-state index is 12.7. The standard InChI is InChI=1S/C17H27N5O2/c1-12(14-5-7-18-10-16(14)24-2)20-17(23)22-9-3-4-13(11-22)15-6-8-19-21-15/h5,7,10,12-13,15,19,21H,3-4,6,8-9,11H2,1-2H3,(H,20,23). The Labute approximate surface area is 143 Å². The molecule has 2 aliphatic rings. The van der Waals surface area contributed by atoms with Crippen molar-refractivity contribution in [2.24, 2.45) is 5.92 Å². The molecule has 2 amide bonds. The Morgan fingerprint density at radius 3 is 3.12 bits per heavy atom. The van der Waals surface area contributed by atoms with Crippen LogP contribution in [0.3, 0.4) is 0 Å². The summed E-state index contributed by atoms with van der Waals surface area (Å²) in [5.74, 6) is 1.22. The number of hydrogen-bond donors (Lipinski definition) is 3. The molecule has 24 heavy (non-hydrogen) atoms. The topological polar surface area (TPSA) is 78.5 Å². The molecule has 7 heteroatoms. The van der Waals surface area contributed by atoms with E-state index in [9.17, 15) is 4.79 Å². The summed E-state index contributed by atoms with van der Waals surface area (Å²) in [6.45, 7) is 4.61. The SMILES string of the molecule is COc1cnccc1C(C)NC(=O)N1CCCC(C2CCNN2)C1. The Balaban J connectivity index is 1.59. The molecule has 3 heterocycles. The van der Waals surface area contributed by atoms with Crippen LogP contribution in [-0.2, 0) is 0 Å². The van der Waals surface area contributed by atoms with E-state index in [-0.39, 0.29) is 12.1 Å². The fourth-order valence-corrected chi connectivity index (χ4v) is 3.65. The van der Waals surface area contributed by atoms with Gasteiger partial charge in [0.2, 0.25) is 0 Å². The molecule has 3 N–H and O–H groups in total. The van der Waals surface area contributed by atoms with Gasteiger partial charge in [-0.1, -0.05) is 0 Å². The van der Waals surface area contributed by atoms with Gasteiger partial charge in [0.15, 0.2) is 0 Å². The predicted octanol–water partition coefficient (Wildman–Crippen LogP) is 1.44. The quantitative estimate of drug-likeness (QED) is 0.777. The van der Waals surface area contributed by atoms with Crippen LogP contribution in [0.25, 0.3) is 0 Å². The number of piperidine rings is 1. The first-order valence-corrected chi connectivity index (χ1v) is 8.70. The molecule has 2 aliphatic heterocycles. The van der Waals surface area contributed by atoms with Gasteiger partial charge in [-0.25, -0.2) is 4.79 Å². The van der Waals surface area contributed by atoms with Gasteiger partial charge in [0.25, 0.3) is 0 Å². The Morgan fingerprint density at radius 1 is 1.50 bits per heavy atom. The van der Waals surface area contributed by atoms with Crippen molar-refractivity contribution in [3.8, 4) is 5.75 Å². The summed E-state index contributed by atoms with van der Waals surface area (Å²) in [6.07, 6.45) is 6.76. The Bertz CT molecular complexity index is 562. The molecule has 3 unspecified atom stereocenters. The van der Waals surface area contributed by atoms with Gasteiger partial charge in [-0.2, -0.15) is 0 Å².